The Labute approximate surface area is 89.2 Å². The highest BCUT2D eigenvalue weighted by Crippen LogP contribution is 2.25. The van der Waals surface area contributed by atoms with Gasteiger partial charge in [0.2, 0.25) is 0 Å². The number of benzene rings is 1. The van der Waals surface area contributed by atoms with Crippen molar-refractivity contribution in [2.45, 2.75) is 19.4 Å². The maximum absolute atomic E-state index is 10.1. The van der Waals surface area contributed by atoms with Crippen LogP contribution in [0.5, 0.6) is 0 Å². The fourth-order valence-electron chi connectivity index (χ4n) is 1.70. The van der Waals surface area contributed by atoms with Crippen LogP contribution in [0, 0.1) is 0 Å². The zero-order valence-corrected chi connectivity index (χ0v) is 8.68. The maximum atomic E-state index is 10.1. The summed E-state index contributed by atoms with van der Waals surface area (Å²) in [5.41, 5.74) is 1.76. The normalized spacial score (nSPS) is 12.7. The quantitative estimate of drug-likeness (QED) is 0.830. The molecule has 2 heteroatoms. The van der Waals surface area contributed by atoms with Gasteiger partial charge in [-0.05, 0) is 11.6 Å². The van der Waals surface area contributed by atoms with E-state index in [1.807, 2.05) is 43.3 Å². The molecule has 0 aliphatic rings. The predicted octanol–water partition coefficient (Wildman–Crippen LogP) is 2.92. The van der Waals surface area contributed by atoms with Crippen LogP contribution in [0.1, 0.15) is 29.9 Å². The molecule has 0 radical (unpaired) electrons. The van der Waals surface area contributed by atoms with Crippen molar-refractivity contribution in [1.82, 2.24) is 0 Å². The van der Waals surface area contributed by atoms with E-state index in [1.54, 1.807) is 6.26 Å². The number of aliphatic hydroxyl groups excluding tert-OH is 1. The zero-order valence-electron chi connectivity index (χ0n) is 8.68. The summed E-state index contributed by atoms with van der Waals surface area (Å²) in [5.74, 6) is 0.853. The molecule has 1 aromatic heterocycles. The Morgan fingerprint density at radius 2 is 1.93 bits per heavy atom. The molecule has 1 aromatic carbocycles. The van der Waals surface area contributed by atoms with Crippen LogP contribution in [0.4, 0.5) is 0 Å². The van der Waals surface area contributed by atoms with Gasteiger partial charge in [0, 0.05) is 12.0 Å². The first-order chi connectivity index (χ1) is 7.33. The lowest BCUT2D eigenvalue weighted by Gasteiger charge is -2.10. The molecule has 1 atom stereocenters. The molecule has 0 fully saturated rings. The van der Waals surface area contributed by atoms with Crippen molar-refractivity contribution >= 4 is 0 Å². The molecule has 0 aliphatic heterocycles. The third-order valence-electron chi connectivity index (χ3n) is 2.51. The average molecular weight is 202 g/mol. The van der Waals surface area contributed by atoms with Crippen LogP contribution in [0.3, 0.4) is 0 Å². The molecular formula is C13H14O2. The van der Waals surface area contributed by atoms with Gasteiger partial charge in [-0.2, -0.15) is 0 Å². The Kier molecular flexibility index (Phi) is 2.88. The highest BCUT2D eigenvalue weighted by Gasteiger charge is 2.15. The number of furan rings is 1. The van der Waals surface area contributed by atoms with Gasteiger partial charge in [-0.3, -0.25) is 0 Å². The Bertz CT molecular complexity index is 417. The van der Waals surface area contributed by atoms with Gasteiger partial charge < -0.3 is 9.52 Å². The Balaban J connectivity index is 2.32. The topological polar surface area (TPSA) is 33.4 Å². The summed E-state index contributed by atoms with van der Waals surface area (Å²) in [4.78, 5) is 0. The number of aryl methyl sites for hydroxylation is 1. The van der Waals surface area contributed by atoms with Crippen molar-refractivity contribution in [2.75, 3.05) is 0 Å². The van der Waals surface area contributed by atoms with E-state index in [4.69, 9.17) is 4.42 Å². The summed E-state index contributed by atoms with van der Waals surface area (Å²) in [7, 11) is 0. The smallest absolute Gasteiger partial charge is 0.109 e. The van der Waals surface area contributed by atoms with Crippen molar-refractivity contribution in [3.63, 3.8) is 0 Å². The fourth-order valence-corrected chi connectivity index (χ4v) is 1.70. The van der Waals surface area contributed by atoms with E-state index in [0.717, 1.165) is 23.3 Å². The van der Waals surface area contributed by atoms with E-state index in [2.05, 4.69) is 0 Å². The molecule has 1 N–H and O–H groups in total. The first-order valence-electron chi connectivity index (χ1n) is 5.12. The van der Waals surface area contributed by atoms with Crippen LogP contribution in [-0.2, 0) is 6.42 Å². The fraction of sp³-hybridized carbons (Fsp3) is 0.231. The summed E-state index contributed by atoms with van der Waals surface area (Å²) in [5, 5.41) is 10.1. The molecule has 0 bridgehead atoms. The van der Waals surface area contributed by atoms with Crippen LogP contribution in [0.25, 0.3) is 0 Å². The van der Waals surface area contributed by atoms with Gasteiger partial charge in [0.05, 0.1) is 6.26 Å². The molecule has 78 valence electrons. The summed E-state index contributed by atoms with van der Waals surface area (Å²) in [6.07, 6.45) is 1.84. The monoisotopic (exact) mass is 202 g/mol. The summed E-state index contributed by atoms with van der Waals surface area (Å²) in [6.45, 7) is 2.01. The molecule has 0 saturated carbocycles. The molecule has 2 nitrogen and oxygen atoms in total. The Morgan fingerprint density at radius 1 is 1.20 bits per heavy atom. The second-order valence-electron chi connectivity index (χ2n) is 3.47. The van der Waals surface area contributed by atoms with Crippen molar-refractivity contribution in [3.05, 3.63) is 59.5 Å². The number of hydrogen-bond donors (Lipinski definition) is 1. The van der Waals surface area contributed by atoms with E-state index in [9.17, 15) is 5.11 Å². The predicted molar refractivity (Wildman–Crippen MR) is 58.6 cm³/mol. The summed E-state index contributed by atoms with van der Waals surface area (Å²) < 4.78 is 5.30. The third kappa shape index (κ3) is 1.95. The molecule has 1 heterocycles. The summed E-state index contributed by atoms with van der Waals surface area (Å²) in [6, 6.07) is 11.4. The number of hydrogen-bond acceptors (Lipinski definition) is 2. The number of aliphatic hydroxyl groups is 1. The first-order valence-corrected chi connectivity index (χ1v) is 5.12. The van der Waals surface area contributed by atoms with Crippen LogP contribution in [-0.4, -0.2) is 5.11 Å². The standard InChI is InChI=1S/C13H14O2/c1-2-12-11(8-9-15-12)13(14)10-6-4-3-5-7-10/h3-9,13-14H,2H2,1H3. The van der Waals surface area contributed by atoms with Gasteiger partial charge in [-0.25, -0.2) is 0 Å². The minimum atomic E-state index is -0.583. The van der Waals surface area contributed by atoms with Crippen molar-refractivity contribution in [3.8, 4) is 0 Å². The second kappa shape index (κ2) is 4.32. The van der Waals surface area contributed by atoms with Crippen molar-refractivity contribution in [1.29, 1.82) is 0 Å². The molecule has 0 saturated heterocycles. The van der Waals surface area contributed by atoms with Gasteiger partial charge in [0.25, 0.3) is 0 Å². The lowest BCUT2D eigenvalue weighted by molar-refractivity contribution is 0.217. The zero-order chi connectivity index (χ0) is 10.7. The van der Waals surface area contributed by atoms with Crippen molar-refractivity contribution < 1.29 is 9.52 Å². The van der Waals surface area contributed by atoms with Gasteiger partial charge >= 0.3 is 0 Å². The lowest BCUT2D eigenvalue weighted by atomic mass is 10.0. The van der Waals surface area contributed by atoms with Gasteiger partial charge in [-0.1, -0.05) is 37.3 Å². The highest BCUT2D eigenvalue weighted by molar-refractivity contribution is 5.31. The Morgan fingerprint density at radius 3 is 2.60 bits per heavy atom. The minimum Gasteiger partial charge on any atom is -0.469 e. The maximum Gasteiger partial charge on any atom is 0.109 e. The van der Waals surface area contributed by atoms with Crippen LogP contribution >= 0.6 is 0 Å². The van der Waals surface area contributed by atoms with Gasteiger partial charge in [0.15, 0.2) is 0 Å². The van der Waals surface area contributed by atoms with E-state index in [1.165, 1.54) is 0 Å². The lowest BCUT2D eigenvalue weighted by Crippen LogP contribution is -2.00. The molecular weight excluding hydrogens is 188 g/mol. The second-order valence-corrected chi connectivity index (χ2v) is 3.47. The first kappa shape index (κ1) is 9.99. The molecule has 0 spiro atoms. The molecule has 2 rings (SSSR count). The minimum absolute atomic E-state index is 0.583. The van der Waals surface area contributed by atoms with Gasteiger partial charge in [0.1, 0.15) is 11.9 Å². The SMILES string of the molecule is CCc1occc1C(O)c1ccccc1. The van der Waals surface area contributed by atoms with Gasteiger partial charge in [-0.15, -0.1) is 0 Å². The van der Waals surface area contributed by atoms with Crippen LogP contribution in [0.15, 0.2) is 47.1 Å². The van der Waals surface area contributed by atoms with E-state index >= 15 is 0 Å². The Hall–Kier alpha value is -1.54. The van der Waals surface area contributed by atoms with E-state index in [0.29, 0.717) is 0 Å². The largest absolute Gasteiger partial charge is 0.469 e. The highest BCUT2D eigenvalue weighted by atomic mass is 16.3. The average Bonchev–Trinajstić information content (AvgIpc) is 2.77. The molecule has 0 amide bonds. The van der Waals surface area contributed by atoms with E-state index < -0.39 is 6.10 Å². The van der Waals surface area contributed by atoms with Crippen molar-refractivity contribution in [2.24, 2.45) is 0 Å². The van der Waals surface area contributed by atoms with Crippen LogP contribution < -0.4 is 0 Å². The number of rotatable bonds is 3. The van der Waals surface area contributed by atoms with E-state index in [-0.39, 0.29) is 0 Å². The summed E-state index contributed by atoms with van der Waals surface area (Å²) >= 11 is 0. The van der Waals surface area contributed by atoms with Crippen LogP contribution in [0.2, 0.25) is 0 Å². The molecule has 1 unspecified atom stereocenters. The third-order valence-corrected chi connectivity index (χ3v) is 2.51. The molecule has 15 heavy (non-hydrogen) atoms. The molecule has 0 aliphatic carbocycles. The molecule has 2 aromatic rings.